The van der Waals surface area contributed by atoms with Gasteiger partial charge in [0.05, 0.1) is 11.3 Å². The van der Waals surface area contributed by atoms with Crippen LogP contribution in [0.1, 0.15) is 33.2 Å². The number of hydrogen-bond donors (Lipinski definition) is 3. The molecule has 0 saturated heterocycles. The number of aromatic carboxylic acids is 1. The molecule has 0 spiro atoms. The average Bonchev–Trinajstić information content (AvgIpc) is 2.89. The number of carboxylic acids is 1. The Morgan fingerprint density at radius 3 is 2.54 bits per heavy atom. The molecule has 0 bridgehead atoms. The number of carbonyl (C=O) groups is 2. The minimum Gasteiger partial charge on any atom is -0.478 e. The maximum absolute atomic E-state index is 12.2. The van der Waals surface area contributed by atoms with Crippen molar-refractivity contribution in [2.24, 2.45) is 16.5 Å². The fraction of sp³-hybridized carbons (Fsp3) is 0.167. The number of carboxylic acid groups (broad SMARTS) is 1. The zero-order chi connectivity index (χ0) is 18.1. The molecule has 3 rings (SSSR count). The number of nitrogens with zero attached hydrogens (tertiary/aromatic N) is 2. The molecule has 136 valence electrons. The standard InChI is InChI=1S/C18H18N4O3.ClH/c1-2-22-9-11-7-10(3-5-13(11)16(22)23)15-8-12(21-18(19)20)4-6-14(15)17(24)25;/h3-8H,2,9H2,1H3,(H,24,25)(H4,19,20,21);1H. The predicted molar refractivity (Wildman–Crippen MR) is 102 cm³/mol. The maximum atomic E-state index is 12.2. The van der Waals surface area contributed by atoms with Crippen molar-refractivity contribution in [2.45, 2.75) is 13.5 Å². The Morgan fingerprint density at radius 1 is 1.19 bits per heavy atom. The highest BCUT2D eigenvalue weighted by molar-refractivity contribution is 6.00. The van der Waals surface area contributed by atoms with Gasteiger partial charge in [-0.3, -0.25) is 4.79 Å². The number of carbonyl (C=O) groups excluding carboxylic acids is 1. The Balaban J connectivity index is 0.00000243. The van der Waals surface area contributed by atoms with E-state index in [1.165, 1.54) is 6.07 Å². The minimum absolute atomic E-state index is 0. The third-order valence-electron chi connectivity index (χ3n) is 4.17. The van der Waals surface area contributed by atoms with E-state index in [4.69, 9.17) is 11.5 Å². The van der Waals surface area contributed by atoms with Gasteiger partial charge in [-0.15, -0.1) is 12.4 Å². The molecule has 0 radical (unpaired) electrons. The molecule has 0 aliphatic carbocycles. The second kappa shape index (κ2) is 7.45. The van der Waals surface area contributed by atoms with E-state index < -0.39 is 5.97 Å². The highest BCUT2D eigenvalue weighted by atomic mass is 35.5. The Morgan fingerprint density at radius 2 is 1.92 bits per heavy atom. The monoisotopic (exact) mass is 374 g/mol. The summed E-state index contributed by atoms with van der Waals surface area (Å²) in [5.41, 5.74) is 14.1. The van der Waals surface area contributed by atoms with Gasteiger partial charge in [0.15, 0.2) is 5.96 Å². The zero-order valence-electron chi connectivity index (χ0n) is 14.1. The van der Waals surface area contributed by atoms with Gasteiger partial charge < -0.3 is 21.5 Å². The third-order valence-corrected chi connectivity index (χ3v) is 4.17. The van der Waals surface area contributed by atoms with Crippen molar-refractivity contribution in [1.82, 2.24) is 4.90 Å². The highest BCUT2D eigenvalue weighted by Gasteiger charge is 2.26. The Labute approximate surface area is 156 Å². The largest absolute Gasteiger partial charge is 0.478 e. The zero-order valence-corrected chi connectivity index (χ0v) is 14.9. The summed E-state index contributed by atoms with van der Waals surface area (Å²) in [6.45, 7) is 3.07. The van der Waals surface area contributed by atoms with E-state index in [1.807, 2.05) is 13.0 Å². The Kier molecular flexibility index (Phi) is 5.52. The summed E-state index contributed by atoms with van der Waals surface area (Å²) >= 11 is 0. The van der Waals surface area contributed by atoms with Crippen LogP contribution in [-0.2, 0) is 6.54 Å². The number of halogens is 1. The molecule has 2 aromatic carbocycles. The lowest BCUT2D eigenvalue weighted by Crippen LogP contribution is -2.22. The van der Waals surface area contributed by atoms with Gasteiger partial charge in [-0.25, -0.2) is 9.79 Å². The second-order valence-electron chi connectivity index (χ2n) is 5.76. The van der Waals surface area contributed by atoms with Gasteiger partial charge in [-0.2, -0.15) is 0 Å². The van der Waals surface area contributed by atoms with Crippen molar-refractivity contribution in [2.75, 3.05) is 6.54 Å². The molecule has 0 fully saturated rings. The van der Waals surface area contributed by atoms with Crippen LogP contribution in [-0.4, -0.2) is 34.4 Å². The quantitative estimate of drug-likeness (QED) is 0.560. The highest BCUT2D eigenvalue weighted by Crippen LogP contribution is 2.32. The molecule has 8 heteroatoms. The van der Waals surface area contributed by atoms with Gasteiger partial charge in [0.2, 0.25) is 0 Å². The fourth-order valence-corrected chi connectivity index (χ4v) is 2.98. The summed E-state index contributed by atoms with van der Waals surface area (Å²) in [6, 6.07) is 9.97. The molecule has 2 aromatic rings. The molecule has 0 aromatic heterocycles. The van der Waals surface area contributed by atoms with Crippen LogP contribution in [0.5, 0.6) is 0 Å². The first-order valence-electron chi connectivity index (χ1n) is 7.80. The molecule has 0 unspecified atom stereocenters. The number of amides is 1. The molecular formula is C18H19ClN4O3. The average molecular weight is 375 g/mol. The van der Waals surface area contributed by atoms with Crippen LogP contribution in [0.3, 0.4) is 0 Å². The molecule has 1 aliphatic heterocycles. The number of nitrogens with two attached hydrogens (primary N) is 2. The van der Waals surface area contributed by atoms with E-state index in [-0.39, 0.29) is 29.8 Å². The summed E-state index contributed by atoms with van der Waals surface area (Å²) in [5.74, 6) is -1.15. The van der Waals surface area contributed by atoms with Gasteiger partial charge in [0.1, 0.15) is 0 Å². The number of fused-ring (bicyclic) bond motifs is 1. The molecule has 1 aliphatic rings. The lowest BCUT2D eigenvalue weighted by Gasteiger charge is -2.11. The predicted octanol–water partition coefficient (Wildman–Crippen LogP) is 2.35. The number of aliphatic imine (C=N–C) groups is 1. The molecule has 0 saturated carbocycles. The number of guanidine groups is 1. The smallest absolute Gasteiger partial charge is 0.336 e. The molecule has 1 amide bonds. The van der Waals surface area contributed by atoms with E-state index in [0.29, 0.717) is 35.5 Å². The summed E-state index contributed by atoms with van der Waals surface area (Å²) in [6.07, 6.45) is 0. The van der Waals surface area contributed by atoms with E-state index >= 15 is 0 Å². The normalized spacial score (nSPS) is 12.3. The van der Waals surface area contributed by atoms with Gasteiger partial charge in [0.25, 0.3) is 5.91 Å². The van der Waals surface area contributed by atoms with Gasteiger partial charge in [0, 0.05) is 18.7 Å². The van der Waals surface area contributed by atoms with Crippen LogP contribution in [0.15, 0.2) is 41.4 Å². The van der Waals surface area contributed by atoms with Crippen molar-refractivity contribution in [3.63, 3.8) is 0 Å². The molecule has 26 heavy (non-hydrogen) atoms. The number of hydrogen-bond acceptors (Lipinski definition) is 3. The van der Waals surface area contributed by atoms with Crippen LogP contribution in [0.4, 0.5) is 5.69 Å². The molecule has 0 atom stereocenters. The SMILES string of the molecule is CCN1Cc2cc(-c3cc(N=C(N)N)ccc3C(=O)O)ccc2C1=O.Cl. The van der Waals surface area contributed by atoms with Crippen LogP contribution in [0, 0.1) is 0 Å². The molecule has 1 heterocycles. The van der Waals surface area contributed by atoms with Crippen molar-refractivity contribution in [1.29, 1.82) is 0 Å². The lowest BCUT2D eigenvalue weighted by atomic mass is 9.96. The summed E-state index contributed by atoms with van der Waals surface area (Å²) in [4.78, 5) is 29.5. The molecule has 7 nitrogen and oxygen atoms in total. The van der Waals surface area contributed by atoms with Crippen molar-refractivity contribution in [3.8, 4) is 11.1 Å². The Hall–Kier alpha value is -3.06. The molecule has 5 N–H and O–H groups in total. The van der Waals surface area contributed by atoms with Gasteiger partial charge in [-0.1, -0.05) is 6.07 Å². The van der Waals surface area contributed by atoms with Gasteiger partial charge in [-0.05, 0) is 53.9 Å². The van der Waals surface area contributed by atoms with Crippen LogP contribution in [0.2, 0.25) is 0 Å². The Bertz CT molecular complexity index is 907. The van der Waals surface area contributed by atoms with E-state index in [2.05, 4.69) is 4.99 Å². The first-order chi connectivity index (χ1) is 11.9. The summed E-state index contributed by atoms with van der Waals surface area (Å²) in [7, 11) is 0. The summed E-state index contributed by atoms with van der Waals surface area (Å²) in [5, 5.41) is 9.47. The lowest BCUT2D eigenvalue weighted by molar-refractivity contribution is 0.0697. The molecular weight excluding hydrogens is 356 g/mol. The van der Waals surface area contributed by atoms with Crippen LogP contribution < -0.4 is 11.5 Å². The second-order valence-corrected chi connectivity index (χ2v) is 5.76. The van der Waals surface area contributed by atoms with Gasteiger partial charge >= 0.3 is 5.97 Å². The van der Waals surface area contributed by atoms with E-state index in [9.17, 15) is 14.7 Å². The third kappa shape index (κ3) is 3.48. The van der Waals surface area contributed by atoms with E-state index in [0.717, 1.165) is 5.56 Å². The summed E-state index contributed by atoms with van der Waals surface area (Å²) < 4.78 is 0. The first kappa shape index (κ1) is 19.3. The van der Waals surface area contributed by atoms with Crippen LogP contribution in [0.25, 0.3) is 11.1 Å². The number of rotatable bonds is 4. The fourth-order valence-electron chi connectivity index (χ4n) is 2.98. The van der Waals surface area contributed by atoms with Crippen molar-refractivity contribution < 1.29 is 14.7 Å². The maximum Gasteiger partial charge on any atom is 0.336 e. The first-order valence-corrected chi connectivity index (χ1v) is 7.80. The van der Waals surface area contributed by atoms with Crippen molar-refractivity contribution in [3.05, 3.63) is 53.1 Å². The minimum atomic E-state index is -1.04. The topological polar surface area (TPSA) is 122 Å². The van der Waals surface area contributed by atoms with Crippen LogP contribution >= 0.6 is 12.4 Å². The number of benzene rings is 2. The van der Waals surface area contributed by atoms with E-state index in [1.54, 1.807) is 29.2 Å². The van der Waals surface area contributed by atoms with Crippen molar-refractivity contribution >= 4 is 35.9 Å².